The van der Waals surface area contributed by atoms with Gasteiger partial charge in [-0.05, 0) is 12.1 Å². The van der Waals surface area contributed by atoms with E-state index in [-0.39, 0.29) is 17.9 Å². The van der Waals surface area contributed by atoms with Crippen LogP contribution < -0.4 is 11.1 Å². The molecule has 1 heterocycles. The standard InChI is InChI=1S/C14H15F2N5O2S/c1-21-12(5-4-11(17)22)19-20-14(21)24-7-13(23)18-10-3-2-8(15)6-9(10)16/h2-3,6H,4-5,7H2,1H3,(H2,17,22)(H,18,23). The Balaban J connectivity index is 1.91. The second-order valence-electron chi connectivity index (χ2n) is 4.89. The molecule has 2 aromatic rings. The van der Waals surface area contributed by atoms with Crippen molar-refractivity contribution in [3.63, 3.8) is 0 Å². The third kappa shape index (κ3) is 4.75. The number of carbonyl (C=O) groups excluding carboxylic acids is 2. The van der Waals surface area contributed by atoms with Crippen LogP contribution in [-0.4, -0.2) is 32.3 Å². The lowest BCUT2D eigenvalue weighted by Gasteiger charge is -2.06. The number of nitrogens with one attached hydrogen (secondary N) is 1. The van der Waals surface area contributed by atoms with Gasteiger partial charge in [0, 0.05) is 26.0 Å². The van der Waals surface area contributed by atoms with Crippen LogP contribution in [0.1, 0.15) is 12.2 Å². The molecule has 0 aliphatic heterocycles. The Kier molecular flexibility index (Phi) is 5.85. The molecule has 0 unspecified atom stereocenters. The number of rotatable bonds is 7. The molecule has 3 N–H and O–H groups in total. The summed E-state index contributed by atoms with van der Waals surface area (Å²) in [7, 11) is 1.70. The third-order valence-electron chi connectivity index (χ3n) is 3.06. The summed E-state index contributed by atoms with van der Waals surface area (Å²) in [6.07, 6.45) is 0.507. The van der Waals surface area contributed by atoms with Crippen molar-refractivity contribution in [1.29, 1.82) is 0 Å². The van der Waals surface area contributed by atoms with Gasteiger partial charge in [0.1, 0.15) is 17.5 Å². The van der Waals surface area contributed by atoms with Crippen molar-refractivity contribution < 1.29 is 18.4 Å². The topological polar surface area (TPSA) is 103 Å². The summed E-state index contributed by atoms with van der Waals surface area (Å²) in [5.41, 5.74) is 4.99. The maximum Gasteiger partial charge on any atom is 0.234 e. The summed E-state index contributed by atoms with van der Waals surface area (Å²) in [6, 6.07) is 2.90. The Morgan fingerprint density at radius 3 is 2.75 bits per heavy atom. The van der Waals surface area contributed by atoms with Gasteiger partial charge in [-0.2, -0.15) is 0 Å². The molecule has 0 aliphatic rings. The minimum atomic E-state index is -0.847. The fourth-order valence-corrected chi connectivity index (χ4v) is 2.56. The summed E-state index contributed by atoms with van der Waals surface area (Å²) in [4.78, 5) is 22.6. The molecule has 0 fully saturated rings. The Hall–Kier alpha value is -2.49. The van der Waals surface area contributed by atoms with E-state index in [9.17, 15) is 18.4 Å². The number of amides is 2. The van der Waals surface area contributed by atoms with Crippen LogP contribution in [0.3, 0.4) is 0 Å². The van der Waals surface area contributed by atoms with E-state index < -0.39 is 23.4 Å². The first-order chi connectivity index (χ1) is 11.4. The zero-order valence-electron chi connectivity index (χ0n) is 12.8. The number of halogens is 2. The molecule has 0 aliphatic carbocycles. The molecule has 2 rings (SSSR count). The van der Waals surface area contributed by atoms with E-state index in [0.717, 1.165) is 23.9 Å². The second-order valence-corrected chi connectivity index (χ2v) is 5.83. The molecule has 0 spiro atoms. The number of nitrogens with zero attached hydrogens (tertiary/aromatic N) is 3. The normalized spacial score (nSPS) is 10.6. The maximum atomic E-state index is 13.5. The smallest absolute Gasteiger partial charge is 0.234 e. The van der Waals surface area contributed by atoms with Gasteiger partial charge in [0.05, 0.1) is 11.4 Å². The van der Waals surface area contributed by atoms with Crippen LogP contribution in [-0.2, 0) is 23.1 Å². The van der Waals surface area contributed by atoms with Gasteiger partial charge in [-0.15, -0.1) is 10.2 Å². The van der Waals surface area contributed by atoms with Gasteiger partial charge in [0.2, 0.25) is 11.8 Å². The monoisotopic (exact) mass is 355 g/mol. The van der Waals surface area contributed by atoms with Crippen LogP contribution in [0.4, 0.5) is 14.5 Å². The van der Waals surface area contributed by atoms with Gasteiger partial charge in [-0.3, -0.25) is 9.59 Å². The number of primary amides is 1. The molecule has 1 aromatic heterocycles. The first-order valence-corrected chi connectivity index (χ1v) is 7.89. The molecule has 0 saturated carbocycles. The van der Waals surface area contributed by atoms with Gasteiger partial charge < -0.3 is 15.6 Å². The Morgan fingerprint density at radius 1 is 1.33 bits per heavy atom. The van der Waals surface area contributed by atoms with Crippen molar-refractivity contribution >= 4 is 29.3 Å². The molecule has 24 heavy (non-hydrogen) atoms. The average molecular weight is 355 g/mol. The largest absolute Gasteiger partial charge is 0.370 e. The molecule has 2 amide bonds. The highest BCUT2D eigenvalue weighted by atomic mass is 32.2. The number of nitrogens with two attached hydrogens (primary N) is 1. The molecule has 10 heteroatoms. The third-order valence-corrected chi connectivity index (χ3v) is 4.08. The molecular weight excluding hydrogens is 340 g/mol. The molecule has 0 radical (unpaired) electrons. The predicted octanol–water partition coefficient (Wildman–Crippen LogP) is 1.24. The van der Waals surface area contributed by atoms with E-state index in [1.165, 1.54) is 0 Å². The van der Waals surface area contributed by atoms with Crippen LogP contribution in [0.25, 0.3) is 0 Å². The van der Waals surface area contributed by atoms with Gasteiger partial charge in [-0.25, -0.2) is 8.78 Å². The van der Waals surface area contributed by atoms with E-state index in [2.05, 4.69) is 15.5 Å². The minimum absolute atomic E-state index is 0.0292. The first kappa shape index (κ1) is 17.9. The number of hydrogen-bond acceptors (Lipinski definition) is 5. The molecule has 0 saturated heterocycles. The Labute approximate surface area is 140 Å². The van der Waals surface area contributed by atoms with Crippen LogP contribution in [0, 0.1) is 11.6 Å². The lowest BCUT2D eigenvalue weighted by atomic mass is 10.3. The van der Waals surface area contributed by atoms with Crippen molar-refractivity contribution in [1.82, 2.24) is 14.8 Å². The quantitative estimate of drug-likeness (QED) is 0.728. The van der Waals surface area contributed by atoms with Gasteiger partial charge in [-0.1, -0.05) is 11.8 Å². The van der Waals surface area contributed by atoms with Crippen LogP contribution in [0.5, 0.6) is 0 Å². The van der Waals surface area contributed by atoms with Crippen molar-refractivity contribution in [2.45, 2.75) is 18.0 Å². The number of benzene rings is 1. The average Bonchev–Trinajstić information content (AvgIpc) is 2.86. The number of carbonyl (C=O) groups is 2. The molecule has 0 atom stereocenters. The van der Waals surface area contributed by atoms with Crippen LogP contribution in [0.2, 0.25) is 0 Å². The van der Waals surface area contributed by atoms with Gasteiger partial charge in [0.15, 0.2) is 5.16 Å². The molecule has 7 nitrogen and oxygen atoms in total. The molecule has 128 valence electrons. The summed E-state index contributed by atoms with van der Waals surface area (Å²) in [5.74, 6) is -1.93. The zero-order valence-corrected chi connectivity index (χ0v) is 13.6. The SMILES string of the molecule is Cn1c(CCC(N)=O)nnc1SCC(=O)Nc1ccc(F)cc1F. The van der Waals surface area contributed by atoms with E-state index in [1.54, 1.807) is 11.6 Å². The van der Waals surface area contributed by atoms with Crippen molar-refractivity contribution in [2.24, 2.45) is 12.8 Å². The van der Waals surface area contributed by atoms with E-state index >= 15 is 0 Å². The lowest BCUT2D eigenvalue weighted by molar-refractivity contribution is -0.118. The summed E-state index contributed by atoms with van der Waals surface area (Å²) >= 11 is 1.10. The van der Waals surface area contributed by atoms with Crippen molar-refractivity contribution in [3.05, 3.63) is 35.7 Å². The number of thioether (sulfide) groups is 1. The number of aromatic nitrogens is 3. The zero-order chi connectivity index (χ0) is 17.7. The van der Waals surface area contributed by atoms with Gasteiger partial charge >= 0.3 is 0 Å². The highest BCUT2D eigenvalue weighted by Gasteiger charge is 2.13. The molecule has 0 bridgehead atoms. The molecule has 1 aromatic carbocycles. The summed E-state index contributed by atoms with van der Waals surface area (Å²) < 4.78 is 27.9. The van der Waals surface area contributed by atoms with E-state index in [1.807, 2.05) is 0 Å². The Morgan fingerprint density at radius 2 is 2.08 bits per heavy atom. The molecular formula is C14H15F2N5O2S. The Bertz CT molecular complexity index is 766. The minimum Gasteiger partial charge on any atom is -0.370 e. The fourth-order valence-electron chi connectivity index (χ4n) is 1.83. The predicted molar refractivity (Wildman–Crippen MR) is 84.2 cm³/mol. The van der Waals surface area contributed by atoms with Crippen molar-refractivity contribution in [2.75, 3.05) is 11.1 Å². The highest BCUT2D eigenvalue weighted by molar-refractivity contribution is 7.99. The van der Waals surface area contributed by atoms with Crippen LogP contribution in [0.15, 0.2) is 23.4 Å². The summed E-state index contributed by atoms with van der Waals surface area (Å²) in [6.45, 7) is 0. The fraction of sp³-hybridized carbons (Fsp3) is 0.286. The highest BCUT2D eigenvalue weighted by Crippen LogP contribution is 2.18. The second kappa shape index (κ2) is 7.86. The number of hydrogen-bond donors (Lipinski definition) is 2. The first-order valence-electron chi connectivity index (χ1n) is 6.91. The van der Waals surface area contributed by atoms with E-state index in [4.69, 9.17) is 5.73 Å². The van der Waals surface area contributed by atoms with Crippen molar-refractivity contribution in [3.8, 4) is 0 Å². The number of anilines is 1. The van der Waals surface area contributed by atoms with Crippen LogP contribution >= 0.6 is 11.8 Å². The van der Waals surface area contributed by atoms with E-state index in [0.29, 0.717) is 23.5 Å². The summed E-state index contributed by atoms with van der Waals surface area (Å²) in [5, 5.41) is 10.7. The number of aryl methyl sites for hydroxylation is 1. The lowest BCUT2D eigenvalue weighted by Crippen LogP contribution is -2.15. The van der Waals surface area contributed by atoms with Gasteiger partial charge in [0.25, 0.3) is 0 Å². The maximum absolute atomic E-state index is 13.5.